The Labute approximate surface area is 120 Å². The van der Waals surface area contributed by atoms with Gasteiger partial charge in [-0.15, -0.1) is 0 Å². The van der Waals surface area contributed by atoms with E-state index in [9.17, 15) is 8.78 Å². The second-order valence-electron chi connectivity index (χ2n) is 4.25. The van der Waals surface area contributed by atoms with Crippen LogP contribution in [0.15, 0.2) is 22.7 Å². The van der Waals surface area contributed by atoms with Crippen molar-refractivity contribution in [3.8, 4) is 0 Å². The lowest BCUT2D eigenvalue weighted by Gasteiger charge is -2.11. The summed E-state index contributed by atoms with van der Waals surface area (Å²) in [6.07, 6.45) is -0.575. The monoisotopic (exact) mass is 298 g/mol. The molecule has 1 aromatic heterocycles. The fourth-order valence-corrected chi connectivity index (χ4v) is 1.82. The van der Waals surface area contributed by atoms with Crippen LogP contribution in [-0.2, 0) is 15.9 Å². The van der Waals surface area contributed by atoms with Crippen molar-refractivity contribution in [3.05, 3.63) is 47.1 Å². The summed E-state index contributed by atoms with van der Waals surface area (Å²) >= 11 is 0. The molecule has 114 valence electrons. The summed E-state index contributed by atoms with van der Waals surface area (Å²) in [6.45, 7) is 4.49. The van der Waals surface area contributed by atoms with E-state index in [1.807, 2.05) is 13.8 Å². The normalized spacial score (nSPS) is 11.3. The van der Waals surface area contributed by atoms with Crippen LogP contribution in [0.4, 0.5) is 8.78 Å². The van der Waals surface area contributed by atoms with E-state index in [1.54, 1.807) is 0 Å². The molecule has 0 aliphatic rings. The topological polar surface area (TPSA) is 57.4 Å². The van der Waals surface area contributed by atoms with Crippen molar-refractivity contribution >= 4 is 0 Å². The van der Waals surface area contributed by atoms with Crippen molar-refractivity contribution < 1.29 is 22.8 Å². The molecule has 0 amide bonds. The summed E-state index contributed by atoms with van der Waals surface area (Å²) in [4.78, 5) is 4.13. The van der Waals surface area contributed by atoms with Gasteiger partial charge in [-0.05, 0) is 31.5 Å². The Kier molecular flexibility index (Phi) is 5.35. The number of halogens is 2. The molecule has 0 saturated heterocycles. The summed E-state index contributed by atoms with van der Waals surface area (Å²) < 4.78 is 42.0. The van der Waals surface area contributed by atoms with E-state index in [-0.39, 0.29) is 12.3 Å². The summed E-state index contributed by atoms with van der Waals surface area (Å²) in [6, 6.07) is 3.26. The van der Waals surface area contributed by atoms with Crippen LogP contribution in [0.2, 0.25) is 0 Å². The number of aromatic nitrogens is 2. The SMILES string of the molecule is CCOC(OCC)c1nc(Cc2cc(F)cc(F)c2)no1. The van der Waals surface area contributed by atoms with Gasteiger partial charge < -0.3 is 14.0 Å². The lowest BCUT2D eigenvalue weighted by molar-refractivity contribution is -0.155. The Morgan fingerprint density at radius 1 is 1.10 bits per heavy atom. The van der Waals surface area contributed by atoms with Crippen LogP contribution in [0.3, 0.4) is 0 Å². The zero-order chi connectivity index (χ0) is 15.2. The second kappa shape index (κ2) is 7.24. The molecule has 21 heavy (non-hydrogen) atoms. The van der Waals surface area contributed by atoms with Crippen LogP contribution in [-0.4, -0.2) is 23.4 Å². The molecule has 2 rings (SSSR count). The number of rotatable bonds is 7. The predicted molar refractivity (Wildman–Crippen MR) is 69.5 cm³/mol. The molecule has 0 bridgehead atoms. The highest BCUT2D eigenvalue weighted by atomic mass is 19.1. The van der Waals surface area contributed by atoms with Gasteiger partial charge in [-0.1, -0.05) is 5.16 Å². The number of nitrogens with zero attached hydrogens (tertiary/aromatic N) is 2. The predicted octanol–water partition coefficient (Wildman–Crippen LogP) is 3.01. The zero-order valence-electron chi connectivity index (χ0n) is 11.8. The average Bonchev–Trinajstić information content (AvgIpc) is 2.85. The van der Waals surface area contributed by atoms with E-state index < -0.39 is 17.9 Å². The van der Waals surface area contributed by atoms with Gasteiger partial charge in [0.1, 0.15) is 11.6 Å². The summed E-state index contributed by atoms with van der Waals surface area (Å²) in [5.74, 6) is -0.796. The van der Waals surface area contributed by atoms with E-state index in [0.29, 0.717) is 24.6 Å². The smallest absolute Gasteiger partial charge is 0.283 e. The molecule has 0 aliphatic heterocycles. The van der Waals surface area contributed by atoms with Gasteiger partial charge in [0.05, 0.1) is 0 Å². The molecule has 1 heterocycles. The molecular weight excluding hydrogens is 282 g/mol. The van der Waals surface area contributed by atoms with Crippen molar-refractivity contribution in [2.75, 3.05) is 13.2 Å². The molecule has 0 spiro atoms. The maximum absolute atomic E-state index is 13.1. The molecule has 0 atom stereocenters. The van der Waals surface area contributed by atoms with E-state index in [4.69, 9.17) is 14.0 Å². The highest BCUT2D eigenvalue weighted by Crippen LogP contribution is 2.18. The van der Waals surface area contributed by atoms with Gasteiger partial charge in [0.15, 0.2) is 5.82 Å². The van der Waals surface area contributed by atoms with E-state index in [2.05, 4.69) is 10.1 Å². The third-order valence-electron chi connectivity index (χ3n) is 2.61. The standard InChI is InChI=1S/C14H16F2N2O3/c1-3-19-14(20-4-2)13-17-12(18-21-13)7-9-5-10(15)8-11(16)6-9/h5-6,8,14H,3-4,7H2,1-2H3. The zero-order valence-corrected chi connectivity index (χ0v) is 11.8. The first-order chi connectivity index (χ1) is 10.1. The van der Waals surface area contributed by atoms with Crippen molar-refractivity contribution in [1.29, 1.82) is 0 Å². The van der Waals surface area contributed by atoms with Crippen molar-refractivity contribution in [2.45, 2.75) is 26.6 Å². The third-order valence-corrected chi connectivity index (χ3v) is 2.61. The number of hydrogen-bond acceptors (Lipinski definition) is 5. The second-order valence-corrected chi connectivity index (χ2v) is 4.25. The Morgan fingerprint density at radius 3 is 2.29 bits per heavy atom. The number of ether oxygens (including phenoxy) is 2. The van der Waals surface area contributed by atoms with Crippen LogP contribution in [0.25, 0.3) is 0 Å². The minimum Gasteiger partial charge on any atom is -0.345 e. The molecule has 7 heteroatoms. The van der Waals surface area contributed by atoms with Crippen LogP contribution < -0.4 is 0 Å². The molecular formula is C14H16F2N2O3. The third kappa shape index (κ3) is 4.30. The van der Waals surface area contributed by atoms with Crippen LogP contribution >= 0.6 is 0 Å². The quantitative estimate of drug-likeness (QED) is 0.735. The molecule has 1 aromatic carbocycles. The molecule has 0 aliphatic carbocycles. The molecule has 2 aromatic rings. The van der Waals surface area contributed by atoms with E-state index >= 15 is 0 Å². The van der Waals surface area contributed by atoms with Gasteiger partial charge in [-0.2, -0.15) is 4.98 Å². The summed E-state index contributed by atoms with van der Waals surface area (Å²) in [5.41, 5.74) is 0.421. The minimum atomic E-state index is -0.731. The molecule has 0 saturated carbocycles. The molecule has 0 fully saturated rings. The maximum atomic E-state index is 13.1. The maximum Gasteiger partial charge on any atom is 0.283 e. The highest BCUT2D eigenvalue weighted by Gasteiger charge is 2.19. The first-order valence-corrected chi connectivity index (χ1v) is 6.63. The van der Waals surface area contributed by atoms with Crippen molar-refractivity contribution in [1.82, 2.24) is 10.1 Å². The fraction of sp³-hybridized carbons (Fsp3) is 0.429. The van der Waals surface area contributed by atoms with Gasteiger partial charge in [0.25, 0.3) is 5.89 Å². The van der Waals surface area contributed by atoms with E-state index in [0.717, 1.165) is 6.07 Å². The summed E-state index contributed by atoms with van der Waals surface area (Å²) in [5, 5.41) is 3.77. The molecule has 0 radical (unpaired) electrons. The van der Waals surface area contributed by atoms with Gasteiger partial charge in [0.2, 0.25) is 6.29 Å². The van der Waals surface area contributed by atoms with Gasteiger partial charge in [0, 0.05) is 25.7 Å². The Bertz CT molecular complexity index is 563. The largest absolute Gasteiger partial charge is 0.345 e. The van der Waals surface area contributed by atoms with E-state index in [1.165, 1.54) is 12.1 Å². The van der Waals surface area contributed by atoms with Gasteiger partial charge in [-0.25, -0.2) is 8.78 Å². The average molecular weight is 298 g/mol. The first kappa shape index (κ1) is 15.5. The van der Waals surface area contributed by atoms with Gasteiger partial charge >= 0.3 is 0 Å². The fourth-order valence-electron chi connectivity index (χ4n) is 1.82. The minimum absolute atomic E-state index is 0.156. The lowest BCUT2D eigenvalue weighted by atomic mass is 10.1. The molecule has 0 unspecified atom stereocenters. The van der Waals surface area contributed by atoms with Crippen LogP contribution in [0.1, 0.15) is 37.4 Å². The van der Waals surface area contributed by atoms with Crippen LogP contribution in [0, 0.1) is 11.6 Å². The summed E-state index contributed by atoms with van der Waals surface area (Å²) in [7, 11) is 0. The molecule has 0 N–H and O–H groups in total. The van der Waals surface area contributed by atoms with Crippen LogP contribution in [0.5, 0.6) is 0 Å². The van der Waals surface area contributed by atoms with Crippen molar-refractivity contribution in [2.24, 2.45) is 0 Å². The Morgan fingerprint density at radius 2 is 1.71 bits per heavy atom. The van der Waals surface area contributed by atoms with Crippen molar-refractivity contribution in [3.63, 3.8) is 0 Å². The van der Waals surface area contributed by atoms with Gasteiger partial charge in [-0.3, -0.25) is 0 Å². The first-order valence-electron chi connectivity index (χ1n) is 6.63. The number of benzene rings is 1. The molecule has 5 nitrogen and oxygen atoms in total. The Hall–Kier alpha value is -1.86. The lowest BCUT2D eigenvalue weighted by Crippen LogP contribution is -2.09. The Balaban J connectivity index is 2.11. The number of hydrogen-bond donors (Lipinski definition) is 0. The highest BCUT2D eigenvalue weighted by molar-refractivity contribution is 5.21.